The van der Waals surface area contributed by atoms with E-state index >= 15 is 0 Å². The number of benzene rings is 1. The maximum atomic E-state index is 12.6. The Labute approximate surface area is 119 Å². The summed E-state index contributed by atoms with van der Waals surface area (Å²) in [7, 11) is 0. The predicted molar refractivity (Wildman–Crippen MR) is 78.4 cm³/mol. The van der Waals surface area contributed by atoms with Gasteiger partial charge in [0, 0.05) is 18.2 Å². The van der Waals surface area contributed by atoms with Gasteiger partial charge in [-0.15, -0.1) is 0 Å². The number of hydrogen-bond donors (Lipinski definition) is 1. The van der Waals surface area contributed by atoms with Crippen molar-refractivity contribution >= 4 is 12.0 Å². The fourth-order valence-electron chi connectivity index (χ4n) is 2.24. The smallest absolute Gasteiger partial charge is 0.253 e. The van der Waals surface area contributed by atoms with E-state index in [9.17, 15) is 9.90 Å². The highest BCUT2D eigenvalue weighted by Crippen LogP contribution is 2.26. The molecule has 1 aliphatic rings. The monoisotopic (exact) mass is 275 g/mol. The predicted octanol–water partition coefficient (Wildman–Crippen LogP) is 2.08. The first-order valence-electron chi connectivity index (χ1n) is 6.90. The Morgan fingerprint density at radius 1 is 1.35 bits per heavy atom. The SMILES string of the molecule is CC(O)CN(C(=O)C1=Cc2ccccc2OC1)C(C)C. The van der Waals surface area contributed by atoms with Gasteiger partial charge in [-0.05, 0) is 32.9 Å². The summed E-state index contributed by atoms with van der Waals surface area (Å²) >= 11 is 0. The van der Waals surface area contributed by atoms with Crippen molar-refractivity contribution in [2.75, 3.05) is 13.2 Å². The summed E-state index contributed by atoms with van der Waals surface area (Å²) in [4.78, 5) is 14.2. The van der Waals surface area contributed by atoms with E-state index in [2.05, 4.69) is 0 Å². The number of rotatable bonds is 4. The van der Waals surface area contributed by atoms with Crippen LogP contribution in [0.5, 0.6) is 5.75 Å². The molecule has 0 fully saturated rings. The third-order valence-electron chi connectivity index (χ3n) is 3.25. The fourth-order valence-corrected chi connectivity index (χ4v) is 2.24. The Hall–Kier alpha value is -1.81. The molecule has 0 bridgehead atoms. The molecule has 1 amide bonds. The van der Waals surface area contributed by atoms with Crippen LogP contribution in [0.2, 0.25) is 0 Å². The van der Waals surface area contributed by atoms with E-state index in [1.165, 1.54) is 0 Å². The molecule has 1 heterocycles. The van der Waals surface area contributed by atoms with Crippen molar-refractivity contribution in [3.05, 3.63) is 35.4 Å². The van der Waals surface area contributed by atoms with E-state index < -0.39 is 6.10 Å². The van der Waals surface area contributed by atoms with Gasteiger partial charge >= 0.3 is 0 Å². The van der Waals surface area contributed by atoms with Crippen LogP contribution in [0.15, 0.2) is 29.8 Å². The highest BCUT2D eigenvalue weighted by molar-refractivity contribution is 5.99. The Balaban J connectivity index is 2.23. The average molecular weight is 275 g/mol. The topological polar surface area (TPSA) is 49.8 Å². The third kappa shape index (κ3) is 3.20. The summed E-state index contributed by atoms with van der Waals surface area (Å²) in [6.45, 7) is 6.18. The Bertz CT molecular complexity index is 520. The number of carbonyl (C=O) groups is 1. The maximum absolute atomic E-state index is 12.6. The Morgan fingerprint density at radius 3 is 2.70 bits per heavy atom. The van der Waals surface area contributed by atoms with E-state index in [0.29, 0.717) is 12.1 Å². The van der Waals surface area contributed by atoms with Gasteiger partial charge in [-0.2, -0.15) is 0 Å². The molecule has 0 saturated heterocycles. The molecule has 0 radical (unpaired) electrons. The molecule has 0 spiro atoms. The minimum atomic E-state index is -0.543. The number of ether oxygens (including phenoxy) is 1. The van der Waals surface area contributed by atoms with Gasteiger partial charge in [0.05, 0.1) is 11.7 Å². The molecule has 4 heteroatoms. The number of carbonyl (C=O) groups excluding carboxylic acids is 1. The fraction of sp³-hybridized carbons (Fsp3) is 0.438. The lowest BCUT2D eigenvalue weighted by molar-refractivity contribution is -0.130. The Kier molecular flexibility index (Phi) is 4.45. The van der Waals surface area contributed by atoms with Crippen molar-refractivity contribution in [2.24, 2.45) is 0 Å². The van der Waals surface area contributed by atoms with E-state index in [1.54, 1.807) is 11.8 Å². The van der Waals surface area contributed by atoms with Crippen molar-refractivity contribution in [2.45, 2.75) is 32.9 Å². The van der Waals surface area contributed by atoms with Crippen LogP contribution in [-0.2, 0) is 4.79 Å². The molecule has 0 saturated carbocycles. The molecule has 1 atom stereocenters. The summed E-state index contributed by atoms with van der Waals surface area (Å²) in [6.07, 6.45) is 1.33. The number of fused-ring (bicyclic) bond motifs is 1. The van der Waals surface area contributed by atoms with Gasteiger partial charge in [0.15, 0.2) is 0 Å². The van der Waals surface area contributed by atoms with Crippen molar-refractivity contribution in [1.82, 2.24) is 4.90 Å². The van der Waals surface area contributed by atoms with Crippen molar-refractivity contribution < 1.29 is 14.6 Å². The molecule has 0 aromatic heterocycles. The second-order valence-corrected chi connectivity index (χ2v) is 5.40. The first kappa shape index (κ1) is 14.6. The van der Waals surface area contributed by atoms with Gasteiger partial charge in [-0.25, -0.2) is 0 Å². The lowest BCUT2D eigenvalue weighted by Gasteiger charge is -2.30. The number of nitrogens with zero attached hydrogens (tertiary/aromatic N) is 1. The lowest BCUT2D eigenvalue weighted by atomic mass is 10.1. The minimum absolute atomic E-state index is 0.0372. The molecular weight excluding hydrogens is 254 g/mol. The first-order chi connectivity index (χ1) is 9.49. The molecular formula is C16H21NO3. The van der Waals surface area contributed by atoms with Crippen LogP contribution in [0, 0.1) is 0 Å². The van der Waals surface area contributed by atoms with Gasteiger partial charge in [-0.3, -0.25) is 4.79 Å². The lowest BCUT2D eigenvalue weighted by Crippen LogP contribution is -2.43. The van der Waals surface area contributed by atoms with E-state index in [4.69, 9.17) is 4.74 Å². The largest absolute Gasteiger partial charge is 0.488 e. The highest BCUT2D eigenvalue weighted by Gasteiger charge is 2.24. The number of aliphatic hydroxyl groups is 1. The molecule has 108 valence electrons. The molecule has 1 unspecified atom stereocenters. The molecule has 4 nitrogen and oxygen atoms in total. The highest BCUT2D eigenvalue weighted by atomic mass is 16.5. The summed E-state index contributed by atoms with van der Waals surface area (Å²) in [6, 6.07) is 7.68. The summed E-state index contributed by atoms with van der Waals surface area (Å²) in [5.41, 5.74) is 1.54. The second-order valence-electron chi connectivity index (χ2n) is 5.40. The van der Waals surface area contributed by atoms with Crippen molar-refractivity contribution in [3.63, 3.8) is 0 Å². The Morgan fingerprint density at radius 2 is 2.05 bits per heavy atom. The summed E-state index contributed by atoms with van der Waals surface area (Å²) < 4.78 is 5.61. The van der Waals surface area contributed by atoms with Crippen LogP contribution >= 0.6 is 0 Å². The second kappa shape index (κ2) is 6.09. The van der Waals surface area contributed by atoms with Crippen LogP contribution in [0.4, 0.5) is 0 Å². The number of aliphatic hydroxyl groups excluding tert-OH is 1. The van der Waals surface area contributed by atoms with Gasteiger partial charge < -0.3 is 14.7 Å². The molecule has 1 N–H and O–H groups in total. The average Bonchev–Trinajstić information content (AvgIpc) is 2.43. The molecule has 1 aromatic carbocycles. The van der Waals surface area contributed by atoms with Gasteiger partial charge in [0.25, 0.3) is 5.91 Å². The molecule has 20 heavy (non-hydrogen) atoms. The number of para-hydroxylation sites is 1. The standard InChI is InChI=1S/C16H21NO3/c1-11(2)17(9-12(3)18)16(19)14-8-13-6-4-5-7-15(13)20-10-14/h4-8,11-12,18H,9-10H2,1-3H3. The van der Waals surface area contributed by atoms with Gasteiger partial charge in [-0.1, -0.05) is 18.2 Å². The number of amides is 1. The van der Waals surface area contributed by atoms with E-state index in [-0.39, 0.29) is 18.6 Å². The van der Waals surface area contributed by atoms with Gasteiger partial charge in [0.2, 0.25) is 0 Å². The molecule has 2 rings (SSSR count). The molecule has 0 aliphatic carbocycles. The molecule has 1 aromatic rings. The van der Waals surface area contributed by atoms with E-state index in [0.717, 1.165) is 11.3 Å². The van der Waals surface area contributed by atoms with Crippen LogP contribution in [0.3, 0.4) is 0 Å². The van der Waals surface area contributed by atoms with Crippen LogP contribution in [0.25, 0.3) is 6.08 Å². The van der Waals surface area contributed by atoms with Gasteiger partial charge in [0.1, 0.15) is 12.4 Å². The number of hydrogen-bond acceptors (Lipinski definition) is 3. The third-order valence-corrected chi connectivity index (χ3v) is 3.25. The zero-order chi connectivity index (χ0) is 14.7. The quantitative estimate of drug-likeness (QED) is 0.915. The minimum Gasteiger partial charge on any atom is -0.488 e. The van der Waals surface area contributed by atoms with Crippen LogP contribution in [-0.4, -0.2) is 41.2 Å². The van der Waals surface area contributed by atoms with Crippen LogP contribution < -0.4 is 4.74 Å². The van der Waals surface area contributed by atoms with E-state index in [1.807, 2.05) is 44.2 Å². The summed E-state index contributed by atoms with van der Waals surface area (Å²) in [5, 5.41) is 9.53. The summed E-state index contributed by atoms with van der Waals surface area (Å²) in [5.74, 6) is 0.728. The maximum Gasteiger partial charge on any atom is 0.253 e. The zero-order valence-corrected chi connectivity index (χ0v) is 12.2. The van der Waals surface area contributed by atoms with Crippen molar-refractivity contribution in [1.29, 1.82) is 0 Å². The van der Waals surface area contributed by atoms with Crippen molar-refractivity contribution in [3.8, 4) is 5.75 Å². The van der Waals surface area contributed by atoms with Crippen LogP contribution in [0.1, 0.15) is 26.3 Å². The normalized spacial score (nSPS) is 15.2. The molecule has 1 aliphatic heterocycles. The first-order valence-corrected chi connectivity index (χ1v) is 6.90. The zero-order valence-electron chi connectivity index (χ0n) is 12.2.